The molecule has 2 aliphatic heterocycles. The molecule has 0 saturated heterocycles. The Kier molecular flexibility index (Phi) is 5.63. The van der Waals surface area contributed by atoms with Gasteiger partial charge in [-0.05, 0) is 42.2 Å². The molecule has 2 N–H and O–H groups in total. The van der Waals surface area contributed by atoms with Crippen molar-refractivity contribution in [3.05, 3.63) is 95.1 Å². The molecule has 0 unspecified atom stereocenters. The van der Waals surface area contributed by atoms with Crippen LogP contribution in [0.5, 0.6) is 0 Å². The molecular weight excluding hydrogens is 408 g/mol. The third kappa shape index (κ3) is 4.44. The first-order valence-corrected chi connectivity index (χ1v) is 10.9. The van der Waals surface area contributed by atoms with Crippen LogP contribution in [0.15, 0.2) is 67.5 Å². The lowest BCUT2D eigenvalue weighted by molar-refractivity contribution is 0.819. The summed E-state index contributed by atoms with van der Waals surface area (Å²) in [5, 5.41) is 0.801. The van der Waals surface area contributed by atoms with E-state index < -0.39 is 0 Å². The van der Waals surface area contributed by atoms with Crippen molar-refractivity contribution in [2.45, 2.75) is 25.9 Å². The van der Waals surface area contributed by atoms with Gasteiger partial charge in [0.25, 0.3) is 0 Å². The summed E-state index contributed by atoms with van der Waals surface area (Å²) in [7, 11) is 0. The molecular formula is C24H25ClN6. The smallest absolute Gasteiger partial charge is 0.0922 e. The number of para-hydroxylation sites is 1. The molecule has 4 heterocycles. The Balaban J connectivity index is 0.000000132. The lowest BCUT2D eigenvalue weighted by Crippen LogP contribution is -2.19. The van der Waals surface area contributed by atoms with Crippen LogP contribution in [0.3, 0.4) is 0 Å². The fraction of sp³-hybridized carbons (Fsp3) is 0.250. The number of H-pyrrole nitrogens is 2. The number of nitrogens with one attached hydrogen (secondary N) is 2. The fourth-order valence-corrected chi connectivity index (χ4v) is 4.47. The number of rotatable bonds is 4. The van der Waals surface area contributed by atoms with Gasteiger partial charge in [-0.15, -0.1) is 0 Å². The van der Waals surface area contributed by atoms with Gasteiger partial charge in [0.1, 0.15) is 0 Å². The van der Waals surface area contributed by atoms with Crippen LogP contribution in [-0.2, 0) is 25.9 Å². The van der Waals surface area contributed by atoms with E-state index in [1.807, 2.05) is 24.5 Å². The van der Waals surface area contributed by atoms with Crippen molar-refractivity contribution in [1.29, 1.82) is 0 Å². The van der Waals surface area contributed by atoms with Crippen LogP contribution in [0, 0.1) is 0 Å². The molecule has 6 nitrogen and oxygen atoms in total. The Morgan fingerprint density at radius 1 is 0.774 bits per heavy atom. The molecule has 6 rings (SSSR count). The number of halogens is 1. The second-order valence-corrected chi connectivity index (χ2v) is 8.33. The monoisotopic (exact) mass is 432 g/mol. The van der Waals surface area contributed by atoms with Gasteiger partial charge in [0.15, 0.2) is 0 Å². The number of hydrogen-bond donors (Lipinski definition) is 2. The molecule has 0 radical (unpaired) electrons. The van der Waals surface area contributed by atoms with Crippen molar-refractivity contribution < 1.29 is 0 Å². The lowest BCUT2D eigenvalue weighted by Gasteiger charge is -2.18. The SMILES string of the molecule is Clc1ccc2c(c1)N(Cc1cnc[nH]1)CC2.c1ccc2c(c1)CCN2Cc1cnc[nH]1. The van der Waals surface area contributed by atoms with E-state index in [1.165, 1.54) is 28.2 Å². The third-order valence-electron chi connectivity index (χ3n) is 5.85. The molecule has 4 aromatic rings. The number of benzene rings is 2. The van der Waals surface area contributed by atoms with Gasteiger partial charge in [0.05, 0.1) is 37.1 Å². The normalized spacial score (nSPS) is 14.2. The maximum Gasteiger partial charge on any atom is 0.0922 e. The summed E-state index contributed by atoms with van der Waals surface area (Å²) in [6.07, 6.45) is 9.45. The number of aromatic nitrogens is 4. The maximum atomic E-state index is 6.02. The van der Waals surface area contributed by atoms with E-state index in [0.29, 0.717) is 0 Å². The van der Waals surface area contributed by atoms with Gasteiger partial charge in [-0.25, -0.2) is 9.97 Å². The van der Waals surface area contributed by atoms with Gasteiger partial charge in [-0.1, -0.05) is 35.9 Å². The van der Waals surface area contributed by atoms with Crippen molar-refractivity contribution in [3.8, 4) is 0 Å². The Bertz CT molecular complexity index is 1120. The summed E-state index contributed by atoms with van der Waals surface area (Å²) in [4.78, 5) is 19.1. The Morgan fingerprint density at radius 3 is 2.03 bits per heavy atom. The zero-order valence-electron chi connectivity index (χ0n) is 17.3. The van der Waals surface area contributed by atoms with Crippen LogP contribution in [0.4, 0.5) is 11.4 Å². The number of aromatic amines is 2. The number of imidazole rings is 2. The largest absolute Gasteiger partial charge is 0.365 e. The Hall–Kier alpha value is -3.25. The molecule has 0 saturated carbocycles. The standard InChI is InChI=1S/C12H12ClN3.C12H13N3/c13-10-2-1-9-3-4-16(12(9)5-10)7-11-6-14-8-15-11;1-2-4-12-10(3-1)5-6-15(12)8-11-7-13-9-14-11/h1-2,5-6,8H,3-4,7H2,(H,14,15);1-4,7,9H,5-6,8H2,(H,13,14). The van der Waals surface area contributed by atoms with Crippen LogP contribution in [0.1, 0.15) is 22.5 Å². The summed E-state index contributed by atoms with van der Waals surface area (Å²) in [5.41, 5.74) is 7.76. The Morgan fingerprint density at radius 2 is 1.39 bits per heavy atom. The van der Waals surface area contributed by atoms with E-state index in [4.69, 9.17) is 11.6 Å². The average Bonchev–Trinajstić information content (AvgIpc) is 3.59. The molecule has 2 aromatic heterocycles. The van der Waals surface area contributed by atoms with Crippen LogP contribution >= 0.6 is 11.6 Å². The van der Waals surface area contributed by atoms with Crippen LogP contribution in [0.25, 0.3) is 0 Å². The van der Waals surface area contributed by atoms with E-state index in [1.54, 1.807) is 12.7 Å². The molecule has 0 amide bonds. The van der Waals surface area contributed by atoms with Crippen molar-refractivity contribution in [1.82, 2.24) is 19.9 Å². The van der Waals surface area contributed by atoms with Gasteiger partial charge in [0.2, 0.25) is 0 Å². The first-order chi connectivity index (χ1) is 15.3. The maximum absolute atomic E-state index is 6.02. The number of anilines is 2. The van der Waals surface area contributed by atoms with Gasteiger partial charge in [0, 0.05) is 41.9 Å². The van der Waals surface area contributed by atoms with E-state index in [-0.39, 0.29) is 0 Å². The van der Waals surface area contributed by atoms with Gasteiger partial charge in [-0.2, -0.15) is 0 Å². The van der Waals surface area contributed by atoms with Crippen LogP contribution < -0.4 is 9.80 Å². The highest BCUT2D eigenvalue weighted by atomic mass is 35.5. The summed E-state index contributed by atoms with van der Waals surface area (Å²) < 4.78 is 0. The van der Waals surface area contributed by atoms with E-state index >= 15 is 0 Å². The molecule has 2 aliphatic rings. The Labute approximate surface area is 186 Å². The average molecular weight is 433 g/mol. The lowest BCUT2D eigenvalue weighted by atomic mass is 10.2. The first-order valence-electron chi connectivity index (χ1n) is 10.6. The molecule has 31 heavy (non-hydrogen) atoms. The minimum absolute atomic E-state index is 0.801. The summed E-state index contributed by atoms with van der Waals surface area (Å²) in [6.45, 7) is 3.96. The second-order valence-electron chi connectivity index (χ2n) is 7.90. The summed E-state index contributed by atoms with van der Waals surface area (Å²) in [6, 6.07) is 14.7. The fourth-order valence-electron chi connectivity index (χ4n) is 4.31. The zero-order chi connectivity index (χ0) is 21.0. The molecule has 158 valence electrons. The number of hydrogen-bond acceptors (Lipinski definition) is 4. The highest BCUT2D eigenvalue weighted by molar-refractivity contribution is 6.30. The minimum Gasteiger partial charge on any atom is -0.365 e. The van der Waals surface area contributed by atoms with Crippen molar-refractivity contribution in [2.24, 2.45) is 0 Å². The van der Waals surface area contributed by atoms with Gasteiger partial charge >= 0.3 is 0 Å². The van der Waals surface area contributed by atoms with Crippen molar-refractivity contribution >= 4 is 23.0 Å². The summed E-state index contributed by atoms with van der Waals surface area (Å²) >= 11 is 6.02. The molecule has 0 atom stereocenters. The van der Waals surface area contributed by atoms with E-state index in [0.717, 1.165) is 49.7 Å². The molecule has 2 aromatic carbocycles. The molecule has 0 fully saturated rings. The van der Waals surface area contributed by atoms with Gasteiger partial charge < -0.3 is 19.8 Å². The van der Waals surface area contributed by atoms with E-state index in [2.05, 4.69) is 60.1 Å². The van der Waals surface area contributed by atoms with Gasteiger partial charge in [-0.3, -0.25) is 0 Å². The second kappa shape index (κ2) is 8.86. The topological polar surface area (TPSA) is 63.8 Å². The number of fused-ring (bicyclic) bond motifs is 2. The highest BCUT2D eigenvalue weighted by Gasteiger charge is 2.20. The molecule has 7 heteroatoms. The molecule has 0 bridgehead atoms. The third-order valence-corrected chi connectivity index (χ3v) is 6.09. The highest BCUT2D eigenvalue weighted by Crippen LogP contribution is 2.31. The first kappa shape index (κ1) is 19.7. The predicted octanol–water partition coefficient (Wildman–Crippen LogP) is 4.60. The molecule has 0 spiro atoms. The zero-order valence-corrected chi connectivity index (χ0v) is 18.0. The van der Waals surface area contributed by atoms with E-state index in [9.17, 15) is 0 Å². The van der Waals surface area contributed by atoms with Crippen LogP contribution in [0.2, 0.25) is 5.02 Å². The number of nitrogens with zero attached hydrogens (tertiary/aromatic N) is 4. The minimum atomic E-state index is 0.801. The quantitative estimate of drug-likeness (QED) is 0.494. The summed E-state index contributed by atoms with van der Waals surface area (Å²) in [5.74, 6) is 0. The van der Waals surface area contributed by atoms with Crippen molar-refractivity contribution in [3.63, 3.8) is 0 Å². The van der Waals surface area contributed by atoms with Crippen LogP contribution in [-0.4, -0.2) is 33.0 Å². The predicted molar refractivity (Wildman–Crippen MR) is 125 cm³/mol. The molecule has 0 aliphatic carbocycles. The van der Waals surface area contributed by atoms with Crippen molar-refractivity contribution in [2.75, 3.05) is 22.9 Å².